The minimum absolute atomic E-state index is 0.137. The van der Waals surface area contributed by atoms with E-state index in [-0.39, 0.29) is 29.8 Å². The molecule has 1 amide bonds. The van der Waals surface area contributed by atoms with Gasteiger partial charge in [0.2, 0.25) is 27.6 Å². The zero-order valence-electron chi connectivity index (χ0n) is 17.1. The van der Waals surface area contributed by atoms with Crippen molar-refractivity contribution < 1.29 is 17.7 Å². The van der Waals surface area contributed by atoms with Crippen LogP contribution in [0.4, 0.5) is 5.82 Å². The van der Waals surface area contributed by atoms with Crippen molar-refractivity contribution in [3.05, 3.63) is 54.6 Å². The molecule has 1 aliphatic rings. The van der Waals surface area contributed by atoms with Gasteiger partial charge in [-0.05, 0) is 37.1 Å². The van der Waals surface area contributed by atoms with Gasteiger partial charge in [0, 0.05) is 37.2 Å². The maximum Gasteiger partial charge on any atom is 0.243 e. The Morgan fingerprint density at radius 3 is 2.68 bits per heavy atom. The summed E-state index contributed by atoms with van der Waals surface area (Å²) in [5, 5.41) is 6.70. The van der Waals surface area contributed by atoms with Gasteiger partial charge in [-0.1, -0.05) is 30.3 Å². The Bertz CT molecular complexity index is 1160. The maximum absolute atomic E-state index is 13.2. The summed E-state index contributed by atoms with van der Waals surface area (Å²) in [6.07, 6.45) is 3.11. The number of nitrogens with one attached hydrogen (secondary N) is 1. The van der Waals surface area contributed by atoms with E-state index in [2.05, 4.69) is 20.4 Å². The molecule has 162 valence electrons. The molecule has 3 heterocycles. The Morgan fingerprint density at radius 1 is 1.19 bits per heavy atom. The Hall–Kier alpha value is -3.11. The molecule has 0 aliphatic carbocycles. The quantitative estimate of drug-likeness (QED) is 0.625. The van der Waals surface area contributed by atoms with Crippen LogP contribution in [0.3, 0.4) is 0 Å². The van der Waals surface area contributed by atoms with Crippen LogP contribution in [0, 0.1) is 5.92 Å². The van der Waals surface area contributed by atoms with Gasteiger partial charge in [0.25, 0.3) is 0 Å². The Labute approximate surface area is 180 Å². The molecule has 4 rings (SSSR count). The summed E-state index contributed by atoms with van der Waals surface area (Å²) >= 11 is 0. The van der Waals surface area contributed by atoms with Gasteiger partial charge in [0.05, 0.1) is 4.90 Å². The molecular formula is C21H23N5O4S. The Balaban J connectivity index is 1.43. The summed E-state index contributed by atoms with van der Waals surface area (Å²) in [6, 6.07) is 11.8. The molecule has 0 atom stereocenters. The van der Waals surface area contributed by atoms with Crippen LogP contribution >= 0.6 is 0 Å². The van der Waals surface area contributed by atoms with Crippen LogP contribution in [0.1, 0.15) is 25.7 Å². The molecule has 1 N–H and O–H groups in total. The van der Waals surface area contributed by atoms with Crippen LogP contribution in [0.15, 0.2) is 58.1 Å². The number of aryl methyl sites for hydroxylation is 1. The number of carbonyl (C=O) groups is 1. The Morgan fingerprint density at radius 2 is 2.00 bits per heavy atom. The van der Waals surface area contributed by atoms with Crippen LogP contribution in [0.5, 0.6) is 0 Å². The molecule has 31 heavy (non-hydrogen) atoms. The number of carbonyl (C=O) groups excluding carboxylic acids is 1. The van der Waals surface area contributed by atoms with Crippen molar-refractivity contribution in [1.82, 2.24) is 19.4 Å². The smallest absolute Gasteiger partial charge is 0.243 e. The highest BCUT2D eigenvalue weighted by atomic mass is 32.2. The zero-order chi connectivity index (χ0) is 21.8. The fourth-order valence-electron chi connectivity index (χ4n) is 3.48. The van der Waals surface area contributed by atoms with Crippen LogP contribution in [-0.4, -0.2) is 46.8 Å². The number of pyridine rings is 1. The third-order valence-corrected chi connectivity index (χ3v) is 7.14. The number of benzene rings is 1. The third kappa shape index (κ3) is 4.64. The second-order valence-corrected chi connectivity index (χ2v) is 9.21. The van der Waals surface area contributed by atoms with Crippen molar-refractivity contribution in [2.75, 3.05) is 18.4 Å². The predicted molar refractivity (Wildman–Crippen MR) is 113 cm³/mol. The molecule has 0 bridgehead atoms. The number of hydrogen-bond acceptors (Lipinski definition) is 7. The molecule has 0 spiro atoms. The molecule has 10 heteroatoms. The van der Waals surface area contributed by atoms with E-state index in [1.807, 2.05) is 6.92 Å². The molecular weight excluding hydrogens is 418 g/mol. The number of rotatable bonds is 6. The number of amides is 1. The first-order valence-electron chi connectivity index (χ1n) is 10.1. The van der Waals surface area contributed by atoms with Crippen LogP contribution < -0.4 is 5.32 Å². The van der Waals surface area contributed by atoms with Crippen molar-refractivity contribution in [2.45, 2.75) is 31.1 Å². The number of piperidine rings is 1. The zero-order valence-corrected chi connectivity index (χ0v) is 17.9. The molecule has 3 aromatic rings. The van der Waals surface area contributed by atoms with Crippen LogP contribution in [0.25, 0.3) is 11.4 Å². The average molecular weight is 442 g/mol. The lowest BCUT2D eigenvalue weighted by Crippen LogP contribution is -2.41. The third-order valence-electron chi connectivity index (χ3n) is 5.24. The van der Waals surface area contributed by atoms with Gasteiger partial charge in [0.1, 0.15) is 5.82 Å². The van der Waals surface area contributed by atoms with E-state index in [0.29, 0.717) is 42.4 Å². The average Bonchev–Trinajstić information content (AvgIpc) is 3.29. The van der Waals surface area contributed by atoms with E-state index < -0.39 is 10.0 Å². The molecule has 9 nitrogen and oxygen atoms in total. The normalized spacial score (nSPS) is 15.6. The second-order valence-electron chi connectivity index (χ2n) is 7.28. The number of anilines is 1. The van der Waals surface area contributed by atoms with E-state index >= 15 is 0 Å². The first kappa shape index (κ1) is 21.1. The SMILES string of the molecule is CCc1nc(-c2cccc(S(=O)(=O)N3CCC(C(=O)Nc4ccccn4)CC3)c2)no1. The van der Waals surface area contributed by atoms with Gasteiger partial charge < -0.3 is 9.84 Å². The first-order valence-corrected chi connectivity index (χ1v) is 11.6. The largest absolute Gasteiger partial charge is 0.339 e. The van der Waals surface area contributed by atoms with Gasteiger partial charge in [-0.15, -0.1) is 0 Å². The summed E-state index contributed by atoms with van der Waals surface area (Å²) in [5.74, 6) is 0.952. The summed E-state index contributed by atoms with van der Waals surface area (Å²) in [4.78, 5) is 21.0. The molecule has 0 unspecified atom stereocenters. The predicted octanol–water partition coefficient (Wildman–Crippen LogP) is 2.73. The number of sulfonamides is 1. The first-order chi connectivity index (χ1) is 15.0. The molecule has 1 aliphatic heterocycles. The van der Waals surface area contributed by atoms with Gasteiger partial charge >= 0.3 is 0 Å². The molecule has 2 aromatic heterocycles. The van der Waals surface area contributed by atoms with E-state index in [9.17, 15) is 13.2 Å². The van der Waals surface area contributed by atoms with Gasteiger partial charge in [-0.25, -0.2) is 13.4 Å². The highest BCUT2D eigenvalue weighted by Gasteiger charge is 2.32. The highest BCUT2D eigenvalue weighted by Crippen LogP contribution is 2.27. The van der Waals surface area contributed by atoms with Crippen molar-refractivity contribution >= 4 is 21.7 Å². The minimum Gasteiger partial charge on any atom is -0.339 e. The molecule has 1 aromatic carbocycles. The number of nitrogens with zero attached hydrogens (tertiary/aromatic N) is 4. The topological polar surface area (TPSA) is 118 Å². The van der Waals surface area contributed by atoms with Crippen molar-refractivity contribution in [1.29, 1.82) is 0 Å². The lowest BCUT2D eigenvalue weighted by Gasteiger charge is -2.30. The summed E-state index contributed by atoms with van der Waals surface area (Å²) < 4.78 is 32.8. The fraction of sp³-hybridized carbons (Fsp3) is 0.333. The van der Waals surface area contributed by atoms with Gasteiger partial charge in [-0.3, -0.25) is 4.79 Å². The molecule has 1 saturated heterocycles. The number of aromatic nitrogens is 3. The van der Waals surface area contributed by atoms with E-state index in [1.54, 1.807) is 48.7 Å². The van der Waals surface area contributed by atoms with E-state index in [0.717, 1.165) is 0 Å². The summed E-state index contributed by atoms with van der Waals surface area (Å²) in [6.45, 7) is 2.45. The lowest BCUT2D eigenvalue weighted by atomic mass is 9.97. The molecule has 0 radical (unpaired) electrons. The van der Waals surface area contributed by atoms with Crippen LogP contribution in [-0.2, 0) is 21.2 Å². The van der Waals surface area contributed by atoms with Crippen molar-refractivity contribution in [3.63, 3.8) is 0 Å². The number of hydrogen-bond donors (Lipinski definition) is 1. The van der Waals surface area contributed by atoms with Gasteiger partial charge in [0.15, 0.2) is 0 Å². The van der Waals surface area contributed by atoms with Crippen LogP contribution in [0.2, 0.25) is 0 Å². The van der Waals surface area contributed by atoms with Crippen molar-refractivity contribution in [2.24, 2.45) is 5.92 Å². The molecule has 0 saturated carbocycles. The maximum atomic E-state index is 13.2. The molecule has 1 fully saturated rings. The highest BCUT2D eigenvalue weighted by molar-refractivity contribution is 7.89. The van der Waals surface area contributed by atoms with Gasteiger partial charge in [-0.2, -0.15) is 9.29 Å². The van der Waals surface area contributed by atoms with Crippen molar-refractivity contribution in [3.8, 4) is 11.4 Å². The minimum atomic E-state index is -3.70. The second kappa shape index (κ2) is 8.94. The standard InChI is InChI=1S/C21H23N5O4S/c1-2-19-24-20(25-30-19)16-6-5-7-17(14-16)31(28,29)26-12-9-15(10-13-26)21(27)23-18-8-3-4-11-22-18/h3-8,11,14-15H,2,9-10,12-13H2,1H3,(H,22,23,27). The summed E-state index contributed by atoms with van der Waals surface area (Å²) in [7, 11) is -3.70. The Kier molecular flexibility index (Phi) is 6.10. The van der Waals surface area contributed by atoms with E-state index in [4.69, 9.17) is 4.52 Å². The lowest BCUT2D eigenvalue weighted by molar-refractivity contribution is -0.120. The summed E-state index contributed by atoms with van der Waals surface area (Å²) in [5.41, 5.74) is 0.578. The monoisotopic (exact) mass is 441 g/mol. The fourth-order valence-corrected chi connectivity index (χ4v) is 5.00. The van der Waals surface area contributed by atoms with E-state index in [1.165, 1.54) is 4.31 Å².